The molecule has 1 amide bonds. The first-order chi connectivity index (χ1) is 16.3. The maximum atomic E-state index is 12.6. The zero-order chi connectivity index (χ0) is 24.6. The predicted molar refractivity (Wildman–Crippen MR) is 134 cm³/mol. The summed E-state index contributed by atoms with van der Waals surface area (Å²) in [5, 5.41) is 3.17. The minimum absolute atomic E-state index is 0.0473. The van der Waals surface area contributed by atoms with Crippen molar-refractivity contribution in [1.82, 2.24) is 14.5 Å². The van der Waals surface area contributed by atoms with Crippen molar-refractivity contribution >= 4 is 15.9 Å². The molecule has 186 valence electrons. The van der Waals surface area contributed by atoms with Crippen molar-refractivity contribution < 1.29 is 17.9 Å². The molecule has 1 aliphatic heterocycles. The van der Waals surface area contributed by atoms with Gasteiger partial charge in [-0.25, -0.2) is 8.42 Å². The van der Waals surface area contributed by atoms with Gasteiger partial charge in [-0.2, -0.15) is 4.31 Å². The SMILES string of the molecule is CCN(CC)S(=O)(=O)c1ccc(CCC(=O)NC2CCN(Cc3cccc(OC)c3)CC2)cc1. The molecule has 0 saturated carbocycles. The molecular weight excluding hydrogens is 450 g/mol. The largest absolute Gasteiger partial charge is 0.497 e. The third-order valence-electron chi connectivity index (χ3n) is 6.40. The van der Waals surface area contributed by atoms with Gasteiger partial charge >= 0.3 is 0 Å². The van der Waals surface area contributed by atoms with Crippen molar-refractivity contribution in [2.45, 2.75) is 57.0 Å². The van der Waals surface area contributed by atoms with Gasteiger partial charge in [0.15, 0.2) is 0 Å². The molecule has 2 aromatic rings. The summed E-state index contributed by atoms with van der Waals surface area (Å²) in [5.74, 6) is 0.922. The fraction of sp³-hybridized carbons (Fsp3) is 0.500. The first-order valence-electron chi connectivity index (χ1n) is 12.1. The molecule has 1 aliphatic rings. The molecule has 0 unspecified atom stereocenters. The van der Waals surface area contributed by atoms with Crippen LogP contribution in [0.2, 0.25) is 0 Å². The van der Waals surface area contributed by atoms with E-state index in [0.717, 1.165) is 43.8 Å². The van der Waals surface area contributed by atoms with Crippen LogP contribution in [0.15, 0.2) is 53.4 Å². The van der Waals surface area contributed by atoms with Crippen LogP contribution in [-0.2, 0) is 27.8 Å². The Balaban J connectivity index is 1.42. The molecule has 7 nitrogen and oxygen atoms in total. The van der Waals surface area contributed by atoms with Gasteiger partial charge in [0.1, 0.15) is 5.75 Å². The molecule has 2 aromatic carbocycles. The second-order valence-electron chi connectivity index (χ2n) is 8.70. The number of carbonyl (C=O) groups excluding carboxylic acids is 1. The number of sulfonamides is 1. The number of rotatable bonds is 11. The molecule has 0 aliphatic carbocycles. The van der Waals surface area contributed by atoms with Crippen molar-refractivity contribution in [2.24, 2.45) is 0 Å². The van der Waals surface area contributed by atoms with Crippen LogP contribution in [0, 0.1) is 0 Å². The number of piperidine rings is 1. The average Bonchev–Trinajstić information content (AvgIpc) is 2.85. The van der Waals surface area contributed by atoms with Gasteiger partial charge in [-0.05, 0) is 54.7 Å². The van der Waals surface area contributed by atoms with Crippen LogP contribution >= 0.6 is 0 Å². The van der Waals surface area contributed by atoms with E-state index < -0.39 is 10.0 Å². The Kier molecular flexibility index (Phi) is 9.50. The summed E-state index contributed by atoms with van der Waals surface area (Å²) in [5.41, 5.74) is 2.19. The zero-order valence-corrected chi connectivity index (χ0v) is 21.3. The molecule has 8 heteroatoms. The van der Waals surface area contributed by atoms with E-state index in [0.29, 0.717) is 30.8 Å². The van der Waals surface area contributed by atoms with Gasteiger partial charge < -0.3 is 10.1 Å². The van der Waals surface area contributed by atoms with Gasteiger partial charge in [-0.3, -0.25) is 9.69 Å². The number of amides is 1. The highest BCUT2D eigenvalue weighted by Crippen LogP contribution is 2.19. The Hall–Kier alpha value is -2.42. The standard InChI is InChI=1S/C26H37N3O4S/c1-4-29(5-2)34(31,32)25-12-9-21(10-13-25)11-14-26(30)27-23-15-17-28(18-16-23)20-22-7-6-8-24(19-22)33-3/h6-10,12-13,19,23H,4-5,11,14-18,20H2,1-3H3,(H,27,30). The van der Waals surface area contributed by atoms with E-state index in [9.17, 15) is 13.2 Å². The van der Waals surface area contributed by atoms with E-state index in [-0.39, 0.29) is 11.9 Å². The van der Waals surface area contributed by atoms with Crippen molar-refractivity contribution in [3.63, 3.8) is 0 Å². The van der Waals surface area contributed by atoms with E-state index in [1.807, 2.05) is 26.0 Å². The van der Waals surface area contributed by atoms with Crippen molar-refractivity contribution in [3.05, 3.63) is 59.7 Å². The Labute approximate surface area is 204 Å². The molecule has 0 spiro atoms. The van der Waals surface area contributed by atoms with E-state index >= 15 is 0 Å². The van der Waals surface area contributed by atoms with Crippen LogP contribution in [0.3, 0.4) is 0 Å². The summed E-state index contributed by atoms with van der Waals surface area (Å²) in [7, 11) is -1.77. The number of benzene rings is 2. The van der Waals surface area contributed by atoms with Crippen LogP contribution in [0.4, 0.5) is 0 Å². The summed E-state index contributed by atoms with van der Waals surface area (Å²) in [4.78, 5) is 15.2. The van der Waals surface area contributed by atoms with E-state index in [4.69, 9.17) is 4.74 Å². The van der Waals surface area contributed by atoms with Crippen LogP contribution < -0.4 is 10.1 Å². The summed E-state index contributed by atoms with van der Waals surface area (Å²) in [6.07, 6.45) is 2.86. The predicted octanol–water partition coefficient (Wildman–Crippen LogP) is 3.44. The minimum Gasteiger partial charge on any atom is -0.497 e. The highest BCUT2D eigenvalue weighted by atomic mass is 32.2. The highest BCUT2D eigenvalue weighted by Gasteiger charge is 2.22. The molecule has 1 N–H and O–H groups in total. The molecule has 1 fully saturated rings. The van der Waals surface area contributed by atoms with Gasteiger partial charge in [-0.1, -0.05) is 38.1 Å². The lowest BCUT2D eigenvalue weighted by molar-refractivity contribution is -0.122. The lowest BCUT2D eigenvalue weighted by atomic mass is 10.0. The minimum atomic E-state index is -3.45. The topological polar surface area (TPSA) is 79.0 Å². The zero-order valence-electron chi connectivity index (χ0n) is 20.5. The summed E-state index contributed by atoms with van der Waals surface area (Å²) >= 11 is 0. The third-order valence-corrected chi connectivity index (χ3v) is 8.46. The van der Waals surface area contributed by atoms with Crippen molar-refractivity contribution in [1.29, 1.82) is 0 Å². The number of aryl methyl sites for hydroxylation is 1. The summed E-state index contributed by atoms with van der Waals surface area (Å²) < 4.78 is 31.9. The maximum absolute atomic E-state index is 12.6. The van der Waals surface area contributed by atoms with Crippen molar-refractivity contribution in [2.75, 3.05) is 33.3 Å². The first-order valence-corrected chi connectivity index (χ1v) is 13.5. The Bertz CT molecular complexity index is 1030. The quantitative estimate of drug-likeness (QED) is 0.525. The smallest absolute Gasteiger partial charge is 0.243 e. The fourth-order valence-electron chi connectivity index (χ4n) is 4.36. The Morgan fingerprint density at radius 2 is 1.74 bits per heavy atom. The van der Waals surface area contributed by atoms with Crippen LogP contribution in [-0.4, -0.2) is 62.9 Å². The van der Waals surface area contributed by atoms with Gasteiger partial charge in [0.2, 0.25) is 15.9 Å². The lowest BCUT2D eigenvalue weighted by Crippen LogP contribution is -2.44. The number of ether oxygens (including phenoxy) is 1. The second kappa shape index (κ2) is 12.3. The average molecular weight is 488 g/mol. The fourth-order valence-corrected chi connectivity index (χ4v) is 5.82. The number of nitrogens with zero attached hydrogens (tertiary/aromatic N) is 2. The number of carbonyl (C=O) groups is 1. The first kappa shape index (κ1) is 26.2. The van der Waals surface area contributed by atoms with E-state index in [2.05, 4.69) is 22.3 Å². The highest BCUT2D eigenvalue weighted by molar-refractivity contribution is 7.89. The molecule has 0 bridgehead atoms. The lowest BCUT2D eigenvalue weighted by Gasteiger charge is -2.32. The number of hydrogen-bond acceptors (Lipinski definition) is 5. The normalized spacial score (nSPS) is 15.4. The van der Waals surface area contributed by atoms with Gasteiger partial charge in [-0.15, -0.1) is 0 Å². The van der Waals surface area contributed by atoms with Crippen molar-refractivity contribution in [3.8, 4) is 5.75 Å². The van der Waals surface area contributed by atoms with E-state index in [1.54, 1.807) is 31.4 Å². The molecule has 0 aromatic heterocycles. The second-order valence-corrected chi connectivity index (χ2v) is 10.6. The molecule has 3 rings (SSSR count). The number of methoxy groups -OCH3 is 1. The number of likely N-dealkylation sites (tertiary alicyclic amines) is 1. The molecule has 1 heterocycles. The van der Waals surface area contributed by atoms with E-state index in [1.165, 1.54) is 9.87 Å². The number of nitrogens with one attached hydrogen (secondary N) is 1. The monoisotopic (exact) mass is 487 g/mol. The molecule has 1 saturated heterocycles. The van der Waals surface area contributed by atoms with Crippen LogP contribution in [0.5, 0.6) is 5.75 Å². The third kappa shape index (κ3) is 7.04. The van der Waals surface area contributed by atoms with Gasteiger partial charge in [0, 0.05) is 45.2 Å². The van der Waals surface area contributed by atoms with Gasteiger partial charge in [0.25, 0.3) is 0 Å². The summed E-state index contributed by atoms with van der Waals surface area (Å²) in [6, 6.07) is 15.2. The van der Waals surface area contributed by atoms with Crippen LogP contribution in [0.1, 0.15) is 44.2 Å². The summed E-state index contributed by atoms with van der Waals surface area (Å²) in [6.45, 7) is 7.34. The Morgan fingerprint density at radius 3 is 2.35 bits per heavy atom. The molecule has 0 atom stereocenters. The number of hydrogen-bond donors (Lipinski definition) is 1. The maximum Gasteiger partial charge on any atom is 0.243 e. The van der Waals surface area contributed by atoms with Gasteiger partial charge in [0.05, 0.1) is 12.0 Å². The molecule has 34 heavy (non-hydrogen) atoms. The molecule has 0 radical (unpaired) electrons. The molecular formula is C26H37N3O4S. The van der Waals surface area contributed by atoms with Crippen LogP contribution in [0.25, 0.3) is 0 Å². The Morgan fingerprint density at radius 1 is 1.06 bits per heavy atom.